The molecule has 1 heterocycles. The molecule has 2 aromatic rings. The molecule has 1 aromatic heterocycles. The molecule has 0 radical (unpaired) electrons. The number of hydrogen-bond donors (Lipinski definition) is 1. The van der Waals surface area contributed by atoms with E-state index in [1.54, 1.807) is 11.3 Å². The number of aryl methyl sites for hydroxylation is 2. The van der Waals surface area contributed by atoms with Crippen LogP contribution in [0.4, 0.5) is 4.39 Å². The summed E-state index contributed by atoms with van der Waals surface area (Å²) in [7, 11) is 0. The molecule has 2 rings (SSSR count). The first-order chi connectivity index (χ1) is 8.63. The van der Waals surface area contributed by atoms with Crippen molar-refractivity contribution >= 4 is 11.3 Å². The lowest BCUT2D eigenvalue weighted by molar-refractivity contribution is 0.599. The molecular weight excluding hydrogens is 245 g/mol. The van der Waals surface area contributed by atoms with E-state index in [9.17, 15) is 4.39 Å². The Morgan fingerprint density at radius 1 is 1.22 bits per heavy atom. The topological polar surface area (TPSA) is 12.0 Å². The zero-order chi connectivity index (χ0) is 13.1. The standard InChI is InChI=1S/C15H18FNS/c1-4-17-15(12-5-6-18-9-12)13-7-10(2)14(16)11(3)8-13/h5-9,15,17H,4H2,1-3H3. The van der Waals surface area contributed by atoms with Crippen LogP contribution in [-0.4, -0.2) is 6.54 Å². The molecule has 3 heteroatoms. The summed E-state index contributed by atoms with van der Waals surface area (Å²) in [4.78, 5) is 0. The zero-order valence-corrected chi connectivity index (χ0v) is 11.8. The summed E-state index contributed by atoms with van der Waals surface area (Å²) < 4.78 is 13.7. The van der Waals surface area contributed by atoms with Crippen molar-refractivity contribution in [3.05, 3.63) is 57.0 Å². The van der Waals surface area contributed by atoms with E-state index in [0.29, 0.717) is 11.1 Å². The Kier molecular flexibility index (Phi) is 4.15. The van der Waals surface area contributed by atoms with Gasteiger partial charge in [-0.15, -0.1) is 0 Å². The summed E-state index contributed by atoms with van der Waals surface area (Å²) in [6.07, 6.45) is 0. The molecule has 0 aliphatic heterocycles. The lowest BCUT2D eigenvalue weighted by Gasteiger charge is -2.19. The van der Waals surface area contributed by atoms with Gasteiger partial charge in [0.15, 0.2) is 0 Å². The number of halogens is 1. The van der Waals surface area contributed by atoms with Gasteiger partial charge in [-0.3, -0.25) is 0 Å². The first kappa shape index (κ1) is 13.2. The maximum Gasteiger partial charge on any atom is 0.129 e. The predicted octanol–water partition coefficient (Wildman–Crippen LogP) is 4.20. The van der Waals surface area contributed by atoms with Crippen molar-refractivity contribution in [1.29, 1.82) is 0 Å². The zero-order valence-electron chi connectivity index (χ0n) is 11.0. The normalized spacial score (nSPS) is 12.7. The molecular formula is C15H18FNS. The van der Waals surface area contributed by atoms with Gasteiger partial charge in [0.05, 0.1) is 6.04 Å². The van der Waals surface area contributed by atoms with E-state index in [-0.39, 0.29) is 11.9 Å². The van der Waals surface area contributed by atoms with E-state index < -0.39 is 0 Å². The molecule has 1 unspecified atom stereocenters. The van der Waals surface area contributed by atoms with Crippen LogP contribution in [0.5, 0.6) is 0 Å². The van der Waals surface area contributed by atoms with Crippen LogP contribution in [0, 0.1) is 19.7 Å². The van der Waals surface area contributed by atoms with E-state index in [4.69, 9.17) is 0 Å². The largest absolute Gasteiger partial charge is 0.307 e. The van der Waals surface area contributed by atoms with E-state index in [1.807, 2.05) is 26.0 Å². The summed E-state index contributed by atoms with van der Waals surface area (Å²) in [5.41, 5.74) is 3.80. The van der Waals surface area contributed by atoms with Crippen molar-refractivity contribution in [3.8, 4) is 0 Å². The van der Waals surface area contributed by atoms with E-state index in [1.165, 1.54) is 5.56 Å². The van der Waals surface area contributed by atoms with Crippen molar-refractivity contribution in [1.82, 2.24) is 5.32 Å². The molecule has 0 saturated heterocycles. The van der Waals surface area contributed by atoms with Crippen LogP contribution in [0.2, 0.25) is 0 Å². The fourth-order valence-corrected chi connectivity index (χ4v) is 2.90. The van der Waals surface area contributed by atoms with Crippen molar-refractivity contribution in [3.63, 3.8) is 0 Å². The second-order valence-corrected chi connectivity index (χ2v) is 5.30. The maximum atomic E-state index is 13.7. The molecule has 1 aromatic carbocycles. The van der Waals surface area contributed by atoms with Crippen molar-refractivity contribution in [2.45, 2.75) is 26.8 Å². The summed E-state index contributed by atoms with van der Waals surface area (Å²) in [6, 6.07) is 6.14. The molecule has 0 fully saturated rings. The summed E-state index contributed by atoms with van der Waals surface area (Å²) in [5.74, 6) is -0.0979. The first-order valence-corrected chi connectivity index (χ1v) is 7.10. The van der Waals surface area contributed by atoms with Gasteiger partial charge in [-0.1, -0.05) is 19.1 Å². The van der Waals surface area contributed by atoms with E-state index in [0.717, 1.165) is 12.1 Å². The molecule has 0 aliphatic rings. The van der Waals surface area contributed by atoms with Crippen molar-refractivity contribution in [2.24, 2.45) is 0 Å². The van der Waals surface area contributed by atoms with Crippen LogP contribution < -0.4 is 5.32 Å². The lowest BCUT2D eigenvalue weighted by atomic mass is 9.97. The molecule has 18 heavy (non-hydrogen) atoms. The second-order valence-electron chi connectivity index (χ2n) is 4.52. The maximum absolute atomic E-state index is 13.7. The van der Waals surface area contributed by atoms with Gasteiger partial charge in [-0.05, 0) is 59.5 Å². The minimum atomic E-state index is -0.0979. The smallest absolute Gasteiger partial charge is 0.129 e. The van der Waals surface area contributed by atoms with Gasteiger partial charge in [-0.25, -0.2) is 4.39 Å². The minimum Gasteiger partial charge on any atom is -0.307 e. The van der Waals surface area contributed by atoms with Crippen LogP contribution in [0.3, 0.4) is 0 Å². The van der Waals surface area contributed by atoms with Gasteiger partial charge in [0.25, 0.3) is 0 Å². The Balaban J connectivity index is 2.43. The number of benzene rings is 1. The molecule has 0 amide bonds. The van der Waals surface area contributed by atoms with E-state index >= 15 is 0 Å². The third-order valence-corrected chi connectivity index (χ3v) is 3.78. The monoisotopic (exact) mass is 263 g/mol. The van der Waals surface area contributed by atoms with E-state index in [2.05, 4.69) is 29.1 Å². The predicted molar refractivity (Wildman–Crippen MR) is 75.7 cm³/mol. The van der Waals surface area contributed by atoms with Gasteiger partial charge >= 0.3 is 0 Å². The second kappa shape index (κ2) is 5.63. The minimum absolute atomic E-state index is 0.0979. The highest BCUT2D eigenvalue weighted by Gasteiger charge is 2.15. The van der Waals surface area contributed by atoms with Crippen LogP contribution >= 0.6 is 11.3 Å². The Hall–Kier alpha value is -1.19. The average molecular weight is 263 g/mol. The molecule has 1 nitrogen and oxygen atoms in total. The Bertz CT molecular complexity index is 496. The number of hydrogen-bond acceptors (Lipinski definition) is 2. The highest BCUT2D eigenvalue weighted by atomic mass is 32.1. The highest BCUT2D eigenvalue weighted by Crippen LogP contribution is 2.27. The molecule has 1 N–H and O–H groups in total. The Morgan fingerprint density at radius 2 is 1.89 bits per heavy atom. The van der Waals surface area contributed by atoms with Gasteiger partial charge < -0.3 is 5.32 Å². The van der Waals surface area contributed by atoms with Crippen molar-refractivity contribution in [2.75, 3.05) is 6.54 Å². The fraction of sp³-hybridized carbons (Fsp3) is 0.333. The SMILES string of the molecule is CCNC(c1ccsc1)c1cc(C)c(F)c(C)c1. The number of thiophene rings is 1. The van der Waals surface area contributed by atoms with Gasteiger partial charge in [0, 0.05) is 0 Å². The highest BCUT2D eigenvalue weighted by molar-refractivity contribution is 7.08. The quantitative estimate of drug-likeness (QED) is 0.871. The van der Waals surface area contributed by atoms with Crippen LogP contribution in [0.15, 0.2) is 29.0 Å². The fourth-order valence-electron chi connectivity index (χ4n) is 2.22. The van der Waals surface area contributed by atoms with Gasteiger partial charge in [0.2, 0.25) is 0 Å². The van der Waals surface area contributed by atoms with Gasteiger partial charge in [-0.2, -0.15) is 11.3 Å². The summed E-state index contributed by atoms with van der Waals surface area (Å²) in [5, 5.41) is 7.67. The third kappa shape index (κ3) is 2.62. The Morgan fingerprint density at radius 3 is 2.39 bits per heavy atom. The summed E-state index contributed by atoms with van der Waals surface area (Å²) in [6.45, 7) is 6.61. The van der Waals surface area contributed by atoms with Crippen molar-refractivity contribution < 1.29 is 4.39 Å². The summed E-state index contributed by atoms with van der Waals surface area (Å²) >= 11 is 1.69. The van der Waals surface area contributed by atoms with Gasteiger partial charge in [0.1, 0.15) is 5.82 Å². The van der Waals surface area contributed by atoms with Crippen LogP contribution in [0.25, 0.3) is 0 Å². The average Bonchev–Trinajstić information content (AvgIpc) is 2.86. The van der Waals surface area contributed by atoms with Crippen LogP contribution in [-0.2, 0) is 0 Å². The molecule has 96 valence electrons. The molecule has 0 spiro atoms. The lowest BCUT2D eigenvalue weighted by Crippen LogP contribution is -2.21. The Labute approximate surface area is 112 Å². The first-order valence-electron chi connectivity index (χ1n) is 6.15. The molecule has 1 atom stereocenters. The molecule has 0 bridgehead atoms. The number of rotatable bonds is 4. The molecule has 0 saturated carbocycles. The van der Waals surface area contributed by atoms with Crippen LogP contribution in [0.1, 0.15) is 35.2 Å². The molecule has 0 aliphatic carbocycles. The number of nitrogens with one attached hydrogen (secondary N) is 1. The third-order valence-electron chi connectivity index (χ3n) is 3.08.